The number of rotatable bonds is 6. The molecule has 6 heteroatoms. The van der Waals surface area contributed by atoms with Crippen molar-refractivity contribution in [2.45, 2.75) is 12.1 Å². The number of ether oxygens (including phenoxy) is 2. The Labute approximate surface area is 136 Å². The summed E-state index contributed by atoms with van der Waals surface area (Å²) in [5, 5.41) is 10.1. The summed E-state index contributed by atoms with van der Waals surface area (Å²) in [5.41, 5.74) is 1.61. The van der Waals surface area contributed by atoms with Gasteiger partial charge >= 0.3 is 0 Å². The summed E-state index contributed by atoms with van der Waals surface area (Å²) in [5.74, 6) is 0.564. The Morgan fingerprint density at radius 3 is 2.26 bits per heavy atom. The molecule has 23 heavy (non-hydrogen) atoms. The molecule has 1 unspecified atom stereocenters. The Balaban J connectivity index is 2.50. The molecule has 0 radical (unpaired) electrons. The Hall–Kier alpha value is -2.00. The molecule has 1 atom stereocenters. The third kappa shape index (κ3) is 4.05. The van der Waals surface area contributed by atoms with Crippen LogP contribution in [0.25, 0.3) is 0 Å². The van der Waals surface area contributed by atoms with Crippen LogP contribution in [0.5, 0.6) is 17.2 Å². The number of hydrogen-bond acceptors (Lipinski definition) is 5. The van der Waals surface area contributed by atoms with Gasteiger partial charge in [-0.15, -0.1) is 0 Å². The molecule has 0 aliphatic heterocycles. The molecule has 2 aromatic rings. The van der Waals surface area contributed by atoms with Gasteiger partial charge < -0.3 is 19.1 Å². The Kier molecular flexibility index (Phi) is 5.32. The number of phenolic OH excluding ortho intramolecular Hbond substituents is 1. The lowest BCUT2D eigenvalue weighted by Gasteiger charge is -2.23. The van der Waals surface area contributed by atoms with Crippen LogP contribution < -0.4 is 9.47 Å². The number of aromatic hydroxyl groups is 1. The first-order valence-corrected chi connectivity index (χ1v) is 9.92. The summed E-state index contributed by atoms with van der Waals surface area (Å²) < 4.78 is 23.3. The fourth-order valence-corrected chi connectivity index (χ4v) is 4.06. The summed E-state index contributed by atoms with van der Waals surface area (Å²) >= 11 is 0. The molecule has 5 nitrogen and oxygen atoms in total. The van der Waals surface area contributed by atoms with Gasteiger partial charge in [0.2, 0.25) is 5.75 Å². The topological polar surface area (TPSA) is 68.7 Å². The van der Waals surface area contributed by atoms with Crippen LogP contribution in [0.2, 0.25) is 0 Å². The van der Waals surface area contributed by atoms with Crippen LogP contribution in [0.1, 0.15) is 16.8 Å². The monoisotopic (exact) mass is 335 g/mol. The van der Waals surface area contributed by atoms with E-state index in [1.165, 1.54) is 14.2 Å². The van der Waals surface area contributed by atoms with Crippen molar-refractivity contribution in [1.82, 2.24) is 4.98 Å². The largest absolute Gasteiger partial charge is 0.502 e. The average molecular weight is 335 g/mol. The average Bonchev–Trinajstić information content (AvgIpc) is 2.53. The minimum Gasteiger partial charge on any atom is -0.502 e. The molecule has 0 bridgehead atoms. The quantitative estimate of drug-likeness (QED) is 0.815. The van der Waals surface area contributed by atoms with Gasteiger partial charge in [0.1, 0.15) is 0 Å². The molecule has 0 fully saturated rings. The van der Waals surface area contributed by atoms with Crippen LogP contribution in [0.3, 0.4) is 0 Å². The van der Waals surface area contributed by atoms with Crippen LogP contribution in [0.4, 0.5) is 0 Å². The van der Waals surface area contributed by atoms with Crippen molar-refractivity contribution in [3.05, 3.63) is 47.8 Å². The second-order valence-electron chi connectivity index (χ2n) is 5.79. The number of aromatic nitrogens is 1. The first-order valence-electron chi connectivity index (χ1n) is 7.25. The predicted octanol–water partition coefficient (Wildman–Crippen LogP) is 3.71. The lowest BCUT2D eigenvalue weighted by atomic mass is 10.0. The highest BCUT2D eigenvalue weighted by molar-refractivity contribution is 7.62. The molecule has 0 aliphatic carbocycles. The summed E-state index contributed by atoms with van der Waals surface area (Å²) in [7, 11) is 0.497. The Morgan fingerprint density at radius 2 is 1.83 bits per heavy atom. The molecule has 0 spiro atoms. The second kappa shape index (κ2) is 7.05. The Morgan fingerprint density at radius 1 is 1.22 bits per heavy atom. The molecule has 1 aromatic carbocycles. The number of nitrogens with zero attached hydrogens (tertiary/aromatic N) is 1. The van der Waals surface area contributed by atoms with Crippen LogP contribution in [0, 0.1) is 0 Å². The number of hydrogen-bond donors (Lipinski definition) is 1. The Bertz CT molecular complexity index is 687. The van der Waals surface area contributed by atoms with Crippen molar-refractivity contribution < 1.29 is 19.1 Å². The third-order valence-electron chi connectivity index (χ3n) is 3.79. The molecule has 0 saturated carbocycles. The molecular weight excluding hydrogens is 313 g/mol. The van der Waals surface area contributed by atoms with Gasteiger partial charge in [-0.3, -0.25) is 4.98 Å². The van der Waals surface area contributed by atoms with Gasteiger partial charge in [0.15, 0.2) is 11.5 Å². The van der Waals surface area contributed by atoms with E-state index >= 15 is 0 Å². The number of phenols is 1. The van der Waals surface area contributed by atoms with Crippen molar-refractivity contribution in [3.63, 3.8) is 0 Å². The maximum Gasteiger partial charge on any atom is 0.200 e. The van der Waals surface area contributed by atoms with Gasteiger partial charge in [-0.25, -0.2) is 0 Å². The number of pyridine rings is 1. The van der Waals surface area contributed by atoms with Crippen molar-refractivity contribution in [1.29, 1.82) is 0 Å². The zero-order valence-corrected chi connectivity index (χ0v) is 14.7. The van der Waals surface area contributed by atoms with Crippen LogP contribution in [0.15, 0.2) is 36.7 Å². The molecule has 1 N–H and O–H groups in total. The first kappa shape index (κ1) is 17.4. The lowest BCUT2D eigenvalue weighted by molar-refractivity contribution is 0.339. The van der Waals surface area contributed by atoms with Gasteiger partial charge in [0.05, 0.1) is 21.4 Å². The van der Waals surface area contributed by atoms with Crippen molar-refractivity contribution in [2.24, 2.45) is 0 Å². The van der Waals surface area contributed by atoms with E-state index in [9.17, 15) is 9.67 Å². The molecule has 124 valence electrons. The molecule has 0 aliphatic rings. The normalized spacial score (nSPS) is 12.7. The van der Waals surface area contributed by atoms with Crippen molar-refractivity contribution >= 4 is 7.14 Å². The van der Waals surface area contributed by atoms with Gasteiger partial charge in [-0.1, -0.05) is 6.07 Å². The van der Waals surface area contributed by atoms with E-state index in [-0.39, 0.29) is 11.4 Å². The second-order valence-corrected chi connectivity index (χ2v) is 9.28. The van der Waals surface area contributed by atoms with Gasteiger partial charge in [0.25, 0.3) is 0 Å². The fourth-order valence-electron chi connectivity index (χ4n) is 2.54. The van der Waals surface area contributed by atoms with E-state index < -0.39 is 7.14 Å². The van der Waals surface area contributed by atoms with Crippen molar-refractivity contribution in [3.8, 4) is 17.2 Å². The molecule has 0 saturated heterocycles. The molecule has 1 heterocycles. The number of methoxy groups -OCH3 is 2. The minimum absolute atomic E-state index is 0.0547. The smallest absolute Gasteiger partial charge is 0.200 e. The highest BCUT2D eigenvalue weighted by atomic mass is 31.2. The zero-order valence-electron chi connectivity index (χ0n) is 13.8. The number of benzene rings is 1. The van der Waals surface area contributed by atoms with E-state index in [0.717, 1.165) is 11.1 Å². The lowest BCUT2D eigenvalue weighted by Crippen LogP contribution is -2.05. The third-order valence-corrected chi connectivity index (χ3v) is 5.77. The highest BCUT2D eigenvalue weighted by Gasteiger charge is 2.27. The van der Waals surface area contributed by atoms with Gasteiger partial charge in [0, 0.05) is 18.1 Å². The van der Waals surface area contributed by atoms with E-state index in [1.807, 2.05) is 12.1 Å². The maximum absolute atomic E-state index is 12.8. The minimum atomic E-state index is -2.46. The molecular formula is C17H22NO4P. The first-order chi connectivity index (χ1) is 10.9. The summed E-state index contributed by atoms with van der Waals surface area (Å²) in [6, 6.07) is 7.27. The predicted molar refractivity (Wildman–Crippen MR) is 91.3 cm³/mol. The summed E-state index contributed by atoms with van der Waals surface area (Å²) in [6.45, 7) is 3.53. The molecule has 1 aromatic heterocycles. The highest BCUT2D eigenvalue weighted by Crippen LogP contribution is 2.56. The zero-order chi connectivity index (χ0) is 17.0. The van der Waals surface area contributed by atoms with E-state index in [1.54, 1.807) is 37.9 Å². The summed E-state index contributed by atoms with van der Waals surface area (Å²) in [6.07, 6.45) is 4.08. The standard InChI is InChI=1S/C17H22NO4P/c1-21-14-9-13(10-15(22-2)17(14)19)16(23(3,4)20)8-12-6-5-7-18-11-12/h5-7,9-11,16,19H,8H2,1-4H3. The van der Waals surface area contributed by atoms with Crippen LogP contribution >= 0.6 is 7.14 Å². The van der Waals surface area contributed by atoms with Crippen molar-refractivity contribution in [2.75, 3.05) is 27.5 Å². The van der Waals surface area contributed by atoms with Crippen LogP contribution in [-0.2, 0) is 11.0 Å². The van der Waals surface area contributed by atoms with E-state index in [4.69, 9.17) is 9.47 Å². The fraction of sp³-hybridized carbons (Fsp3) is 0.353. The maximum atomic E-state index is 12.8. The van der Waals surface area contributed by atoms with Gasteiger partial charge in [-0.2, -0.15) is 0 Å². The van der Waals surface area contributed by atoms with Crippen LogP contribution in [-0.4, -0.2) is 37.6 Å². The molecule has 0 amide bonds. The summed E-state index contributed by atoms with van der Waals surface area (Å²) in [4.78, 5) is 4.12. The van der Waals surface area contributed by atoms with E-state index in [0.29, 0.717) is 17.9 Å². The van der Waals surface area contributed by atoms with Gasteiger partial charge in [-0.05, 0) is 49.1 Å². The molecule has 2 rings (SSSR count). The SMILES string of the molecule is COc1cc(C(Cc2cccnc2)P(C)(C)=O)cc(OC)c1O. The van der Waals surface area contributed by atoms with E-state index in [2.05, 4.69) is 4.98 Å².